The number of rotatable bonds is 4. The van der Waals surface area contributed by atoms with E-state index in [1.54, 1.807) is 0 Å². The Morgan fingerprint density at radius 1 is 1.19 bits per heavy atom. The van der Waals surface area contributed by atoms with E-state index in [2.05, 4.69) is 59.7 Å². The molecule has 2 N–H and O–H groups in total. The van der Waals surface area contributed by atoms with Gasteiger partial charge in [0.15, 0.2) is 0 Å². The van der Waals surface area contributed by atoms with Crippen LogP contribution in [0, 0.1) is 11.8 Å². The number of likely N-dealkylation sites (tertiary alicyclic amines) is 1. The maximum atomic E-state index is 12.4. The maximum Gasteiger partial charge on any atom is 0.250 e. The zero-order chi connectivity index (χ0) is 16.9. The predicted molar refractivity (Wildman–Crippen MR) is 109 cm³/mol. The lowest BCUT2D eigenvalue weighted by atomic mass is 9.85. The van der Waals surface area contributed by atoms with Gasteiger partial charge in [0.2, 0.25) is 0 Å². The third-order valence-electron chi connectivity index (χ3n) is 5.10. The minimum atomic E-state index is -0.347. The van der Waals surface area contributed by atoms with Crippen LogP contribution in [0.3, 0.4) is 0 Å². The number of carbonyl (C=O) groups excluding carboxylic acids is 1. The van der Waals surface area contributed by atoms with Gasteiger partial charge in [0, 0.05) is 38.8 Å². The van der Waals surface area contributed by atoms with Crippen molar-refractivity contribution in [1.29, 1.82) is 0 Å². The first kappa shape index (κ1) is 23.2. The predicted octanol–water partition coefficient (Wildman–Crippen LogP) is 2.09. The first-order valence-electron chi connectivity index (χ1n) is 9.02. The highest BCUT2D eigenvalue weighted by Crippen LogP contribution is 2.24. The van der Waals surface area contributed by atoms with E-state index in [9.17, 15) is 4.79 Å². The lowest BCUT2D eigenvalue weighted by Gasteiger charge is -2.42. The summed E-state index contributed by atoms with van der Waals surface area (Å²) >= 11 is 0. The summed E-state index contributed by atoms with van der Waals surface area (Å²) in [5, 5.41) is 6.46. The van der Waals surface area contributed by atoms with Crippen molar-refractivity contribution in [3.63, 3.8) is 0 Å². The number of carbonyl (C=O) groups is 1. The van der Waals surface area contributed by atoms with E-state index in [0.29, 0.717) is 25.0 Å². The summed E-state index contributed by atoms with van der Waals surface area (Å²) in [4.78, 5) is 14.9. The first-order chi connectivity index (χ1) is 11.6. The molecule has 7 heteroatoms. The fraction of sp³-hybridized carbons (Fsp3) is 0.632. The number of ether oxygens (including phenoxy) is 1. The van der Waals surface area contributed by atoms with Crippen LogP contribution in [0.15, 0.2) is 30.3 Å². The van der Waals surface area contributed by atoms with Crippen LogP contribution in [0.5, 0.6) is 0 Å². The van der Waals surface area contributed by atoms with Gasteiger partial charge in [-0.1, -0.05) is 44.2 Å². The van der Waals surface area contributed by atoms with E-state index >= 15 is 0 Å². The normalized spacial score (nSPS) is 29.2. The molecule has 0 aliphatic carbocycles. The Balaban J connectivity index is 0.00000169. The monoisotopic (exact) mass is 403 g/mol. The number of benzene rings is 1. The van der Waals surface area contributed by atoms with E-state index in [4.69, 9.17) is 4.74 Å². The number of hydrogen-bond donors (Lipinski definition) is 2. The second kappa shape index (κ2) is 11.1. The highest BCUT2D eigenvalue weighted by molar-refractivity contribution is 5.85. The van der Waals surface area contributed by atoms with E-state index in [1.165, 1.54) is 5.56 Å². The van der Waals surface area contributed by atoms with Gasteiger partial charge in [0.05, 0.1) is 6.61 Å². The molecular weight excluding hydrogens is 373 g/mol. The molecule has 2 aliphatic heterocycles. The lowest BCUT2D eigenvalue weighted by molar-refractivity contribution is -0.136. The second-order valence-corrected chi connectivity index (χ2v) is 7.23. The molecule has 2 fully saturated rings. The molecule has 2 heterocycles. The smallest absolute Gasteiger partial charge is 0.250 e. The summed E-state index contributed by atoms with van der Waals surface area (Å²) in [7, 11) is 0. The average Bonchev–Trinajstić information content (AvgIpc) is 2.59. The molecule has 26 heavy (non-hydrogen) atoms. The fourth-order valence-electron chi connectivity index (χ4n) is 3.92. The maximum absolute atomic E-state index is 12.4. The molecule has 0 aromatic heterocycles. The zero-order valence-corrected chi connectivity index (χ0v) is 17.2. The van der Waals surface area contributed by atoms with Crippen LogP contribution < -0.4 is 10.6 Å². The van der Waals surface area contributed by atoms with E-state index in [-0.39, 0.29) is 42.9 Å². The molecule has 148 valence electrons. The number of nitrogens with zero attached hydrogens (tertiary/aromatic N) is 1. The van der Waals surface area contributed by atoms with Crippen LogP contribution in [0.2, 0.25) is 0 Å². The topological polar surface area (TPSA) is 53.6 Å². The number of morpholine rings is 1. The Morgan fingerprint density at radius 3 is 2.42 bits per heavy atom. The quantitative estimate of drug-likeness (QED) is 0.807. The third-order valence-corrected chi connectivity index (χ3v) is 5.10. The highest BCUT2D eigenvalue weighted by atomic mass is 35.5. The van der Waals surface area contributed by atoms with Crippen molar-refractivity contribution in [1.82, 2.24) is 15.5 Å². The number of amides is 1. The molecule has 1 aromatic carbocycles. The van der Waals surface area contributed by atoms with Gasteiger partial charge < -0.3 is 15.4 Å². The van der Waals surface area contributed by atoms with Crippen molar-refractivity contribution in [2.24, 2.45) is 11.8 Å². The van der Waals surface area contributed by atoms with E-state index < -0.39 is 0 Å². The van der Waals surface area contributed by atoms with E-state index in [0.717, 1.165) is 26.2 Å². The third kappa shape index (κ3) is 6.10. The Bertz CT molecular complexity index is 529. The molecular formula is C19H31Cl2N3O2. The van der Waals surface area contributed by atoms with Gasteiger partial charge >= 0.3 is 0 Å². The lowest BCUT2D eigenvalue weighted by Crippen LogP contribution is -2.58. The Kier molecular flexibility index (Phi) is 9.90. The van der Waals surface area contributed by atoms with E-state index in [1.807, 2.05) is 0 Å². The van der Waals surface area contributed by atoms with Crippen molar-refractivity contribution >= 4 is 30.7 Å². The number of hydrogen-bond acceptors (Lipinski definition) is 4. The Morgan fingerprint density at radius 2 is 1.85 bits per heavy atom. The molecule has 1 amide bonds. The number of piperidine rings is 1. The molecule has 3 unspecified atom stereocenters. The van der Waals surface area contributed by atoms with Crippen LogP contribution in [0.1, 0.15) is 19.4 Å². The summed E-state index contributed by atoms with van der Waals surface area (Å²) in [6.45, 7) is 9.51. The van der Waals surface area contributed by atoms with Crippen LogP contribution in [0.25, 0.3) is 0 Å². The van der Waals surface area contributed by atoms with Gasteiger partial charge in [0.1, 0.15) is 6.10 Å². The Labute approximate surface area is 169 Å². The fourth-order valence-corrected chi connectivity index (χ4v) is 3.92. The summed E-state index contributed by atoms with van der Waals surface area (Å²) < 4.78 is 5.57. The summed E-state index contributed by atoms with van der Waals surface area (Å²) in [5.74, 6) is 0.887. The van der Waals surface area contributed by atoms with Crippen molar-refractivity contribution in [2.45, 2.75) is 32.5 Å². The molecule has 0 spiro atoms. The minimum Gasteiger partial charge on any atom is -0.366 e. The highest BCUT2D eigenvalue weighted by Gasteiger charge is 2.34. The largest absolute Gasteiger partial charge is 0.366 e. The zero-order valence-electron chi connectivity index (χ0n) is 15.5. The van der Waals surface area contributed by atoms with Crippen molar-refractivity contribution in [2.75, 3.05) is 32.8 Å². The van der Waals surface area contributed by atoms with Gasteiger partial charge in [0.25, 0.3) is 5.91 Å². The Hall–Kier alpha value is -0.850. The summed E-state index contributed by atoms with van der Waals surface area (Å²) in [5.41, 5.74) is 1.35. The molecule has 0 bridgehead atoms. The van der Waals surface area contributed by atoms with Crippen LogP contribution >= 0.6 is 24.8 Å². The average molecular weight is 404 g/mol. The molecule has 3 rings (SSSR count). The molecule has 1 aromatic rings. The van der Waals surface area contributed by atoms with Gasteiger partial charge in [-0.2, -0.15) is 0 Å². The summed E-state index contributed by atoms with van der Waals surface area (Å²) in [6.07, 6.45) is -0.347. The van der Waals surface area contributed by atoms with Gasteiger partial charge in [-0.15, -0.1) is 24.8 Å². The standard InChI is InChI=1S/C19H29N3O2.2ClH/c1-14-11-22(13-16-6-4-3-5-7-16)12-15(2)18(14)21-19(23)17-10-20-8-9-24-17;;/h3-7,14-15,17-18,20H,8-13H2,1-2H3,(H,21,23);2*1H. The molecule has 3 atom stereocenters. The van der Waals surface area contributed by atoms with Crippen molar-refractivity contribution in [3.8, 4) is 0 Å². The number of halogens is 2. The SMILES string of the molecule is CC1CN(Cc2ccccc2)CC(C)C1NC(=O)C1CNCCO1.Cl.Cl. The molecule has 5 nitrogen and oxygen atoms in total. The van der Waals surface area contributed by atoms with Crippen LogP contribution in [0.4, 0.5) is 0 Å². The number of nitrogens with one attached hydrogen (secondary N) is 2. The van der Waals surface area contributed by atoms with Crippen molar-refractivity contribution < 1.29 is 9.53 Å². The van der Waals surface area contributed by atoms with Crippen LogP contribution in [-0.4, -0.2) is 55.7 Å². The second-order valence-electron chi connectivity index (χ2n) is 7.23. The van der Waals surface area contributed by atoms with Gasteiger partial charge in [-0.25, -0.2) is 0 Å². The first-order valence-corrected chi connectivity index (χ1v) is 9.02. The molecule has 0 radical (unpaired) electrons. The van der Waals surface area contributed by atoms with Crippen molar-refractivity contribution in [3.05, 3.63) is 35.9 Å². The molecule has 2 saturated heterocycles. The van der Waals surface area contributed by atoms with Gasteiger partial charge in [-0.3, -0.25) is 9.69 Å². The van der Waals surface area contributed by atoms with Gasteiger partial charge in [-0.05, 0) is 17.4 Å². The van der Waals surface area contributed by atoms with Crippen LogP contribution in [-0.2, 0) is 16.1 Å². The molecule has 2 aliphatic rings. The minimum absolute atomic E-state index is 0. The molecule has 0 saturated carbocycles. The summed E-state index contributed by atoms with van der Waals surface area (Å²) in [6, 6.07) is 10.8.